The van der Waals surface area contributed by atoms with Gasteiger partial charge in [-0.15, -0.1) is 0 Å². The molecule has 0 saturated heterocycles. The Bertz CT molecular complexity index is 637. The first kappa shape index (κ1) is 11.3. The summed E-state index contributed by atoms with van der Waals surface area (Å²) in [6.07, 6.45) is 1.85. The molecular weight excluding hydrogens is 226 g/mol. The number of benzene rings is 1. The Morgan fingerprint density at radius 2 is 2.11 bits per heavy atom. The van der Waals surface area contributed by atoms with E-state index in [-0.39, 0.29) is 11.2 Å². The lowest BCUT2D eigenvalue weighted by Gasteiger charge is -2.27. The minimum atomic E-state index is -0.252. The van der Waals surface area contributed by atoms with Crippen molar-refractivity contribution in [3.63, 3.8) is 0 Å². The summed E-state index contributed by atoms with van der Waals surface area (Å²) in [4.78, 5) is 15.7. The summed E-state index contributed by atoms with van der Waals surface area (Å²) in [5.41, 5.74) is 2.70. The predicted molar refractivity (Wildman–Crippen MR) is 71.3 cm³/mol. The van der Waals surface area contributed by atoms with E-state index in [4.69, 9.17) is 4.74 Å². The topological polar surface area (TPSA) is 42.1 Å². The van der Waals surface area contributed by atoms with Crippen LogP contribution in [0.5, 0.6) is 5.75 Å². The van der Waals surface area contributed by atoms with Crippen LogP contribution in [0.1, 0.15) is 36.3 Å². The number of hydrogen-bond donors (Lipinski definition) is 1. The van der Waals surface area contributed by atoms with Gasteiger partial charge in [0.05, 0.1) is 12.8 Å². The number of Topliss-reactive ketones (excluding diaryl/α,β-unsaturated/α-hetero) is 1. The molecule has 1 aromatic heterocycles. The predicted octanol–water partition coefficient (Wildman–Crippen LogP) is 3.33. The zero-order valence-corrected chi connectivity index (χ0v) is 11.0. The van der Waals surface area contributed by atoms with E-state index in [2.05, 4.69) is 4.98 Å². The highest BCUT2D eigenvalue weighted by Gasteiger charge is 2.36. The number of aromatic nitrogens is 1. The Balaban J connectivity index is 2.24. The van der Waals surface area contributed by atoms with Gasteiger partial charge < -0.3 is 9.72 Å². The van der Waals surface area contributed by atoms with E-state index >= 15 is 0 Å². The Morgan fingerprint density at radius 3 is 2.83 bits per heavy atom. The average molecular weight is 243 g/mol. The van der Waals surface area contributed by atoms with Crippen LogP contribution in [0.4, 0.5) is 0 Å². The van der Waals surface area contributed by atoms with Gasteiger partial charge in [-0.25, -0.2) is 0 Å². The quantitative estimate of drug-likeness (QED) is 0.834. The summed E-state index contributed by atoms with van der Waals surface area (Å²) >= 11 is 0. The summed E-state index contributed by atoms with van der Waals surface area (Å²) in [6.45, 7) is 4.04. The van der Waals surface area contributed by atoms with E-state index in [1.165, 1.54) is 0 Å². The lowest BCUT2D eigenvalue weighted by molar-refractivity contribution is 0.0806. The van der Waals surface area contributed by atoms with Gasteiger partial charge in [-0.3, -0.25) is 4.79 Å². The lowest BCUT2D eigenvalue weighted by Crippen LogP contribution is -2.30. The van der Waals surface area contributed by atoms with E-state index < -0.39 is 0 Å². The molecule has 3 heteroatoms. The first-order valence-corrected chi connectivity index (χ1v) is 6.26. The molecule has 18 heavy (non-hydrogen) atoms. The molecule has 1 heterocycles. The zero-order chi connectivity index (χ0) is 12.9. The molecule has 1 aliphatic carbocycles. The number of H-pyrrole nitrogens is 1. The lowest BCUT2D eigenvalue weighted by atomic mass is 9.75. The van der Waals surface area contributed by atoms with Crippen LogP contribution in [0.15, 0.2) is 18.2 Å². The van der Waals surface area contributed by atoms with Crippen LogP contribution in [0, 0.1) is 5.41 Å². The normalized spacial score (nSPS) is 17.8. The maximum absolute atomic E-state index is 12.4. The van der Waals surface area contributed by atoms with Gasteiger partial charge in [-0.1, -0.05) is 13.8 Å². The standard InChI is InChI=1S/C15H17NO2/c1-15(2)7-6-10-11-8-9(18-3)4-5-12(11)16-13(10)14(15)17/h4-5,8,16H,6-7H2,1-3H3. The largest absolute Gasteiger partial charge is 0.497 e. The van der Waals surface area contributed by atoms with Gasteiger partial charge in [0.1, 0.15) is 5.75 Å². The first-order valence-electron chi connectivity index (χ1n) is 6.26. The molecule has 2 aromatic rings. The second-order valence-corrected chi connectivity index (χ2v) is 5.60. The molecule has 94 valence electrons. The molecule has 1 aliphatic rings. The molecule has 0 saturated carbocycles. The summed E-state index contributed by atoms with van der Waals surface area (Å²) in [5, 5.41) is 1.12. The van der Waals surface area contributed by atoms with Gasteiger partial charge in [-0.2, -0.15) is 0 Å². The number of carbonyl (C=O) groups excluding carboxylic acids is 1. The maximum atomic E-state index is 12.4. The van der Waals surface area contributed by atoms with E-state index in [1.807, 2.05) is 32.0 Å². The van der Waals surface area contributed by atoms with E-state index in [0.29, 0.717) is 0 Å². The minimum absolute atomic E-state index is 0.221. The second kappa shape index (κ2) is 3.61. The monoisotopic (exact) mass is 243 g/mol. The summed E-state index contributed by atoms with van der Waals surface area (Å²) in [7, 11) is 1.66. The fourth-order valence-electron chi connectivity index (χ4n) is 2.70. The maximum Gasteiger partial charge on any atom is 0.184 e. The van der Waals surface area contributed by atoms with Gasteiger partial charge in [0.25, 0.3) is 0 Å². The van der Waals surface area contributed by atoms with Crippen molar-refractivity contribution in [2.75, 3.05) is 7.11 Å². The Kier molecular flexibility index (Phi) is 2.27. The summed E-state index contributed by atoms with van der Waals surface area (Å²) in [5.74, 6) is 1.06. The van der Waals surface area contributed by atoms with Crippen LogP contribution in [-0.4, -0.2) is 17.9 Å². The number of ketones is 1. The third-order valence-electron chi connectivity index (χ3n) is 3.96. The second-order valence-electron chi connectivity index (χ2n) is 5.60. The molecule has 0 atom stereocenters. The average Bonchev–Trinajstić information content (AvgIpc) is 2.72. The van der Waals surface area contributed by atoms with Gasteiger partial charge in [0.2, 0.25) is 0 Å². The molecule has 0 aliphatic heterocycles. The zero-order valence-electron chi connectivity index (χ0n) is 11.0. The van der Waals surface area contributed by atoms with Crippen molar-refractivity contribution in [3.05, 3.63) is 29.5 Å². The summed E-state index contributed by atoms with van der Waals surface area (Å²) in [6, 6.07) is 5.91. The van der Waals surface area contributed by atoms with Gasteiger partial charge >= 0.3 is 0 Å². The Morgan fingerprint density at radius 1 is 1.33 bits per heavy atom. The van der Waals surface area contributed by atoms with Crippen molar-refractivity contribution in [2.24, 2.45) is 5.41 Å². The highest BCUT2D eigenvalue weighted by Crippen LogP contribution is 2.38. The molecule has 1 N–H and O–H groups in total. The van der Waals surface area contributed by atoms with E-state index in [1.54, 1.807) is 7.11 Å². The smallest absolute Gasteiger partial charge is 0.184 e. The molecule has 0 unspecified atom stereocenters. The summed E-state index contributed by atoms with van der Waals surface area (Å²) < 4.78 is 5.25. The molecule has 0 bridgehead atoms. The van der Waals surface area contributed by atoms with Crippen LogP contribution in [-0.2, 0) is 6.42 Å². The number of hydrogen-bond acceptors (Lipinski definition) is 2. The Labute approximate surface area is 106 Å². The van der Waals surface area contributed by atoms with Gasteiger partial charge in [0, 0.05) is 16.3 Å². The van der Waals surface area contributed by atoms with E-state index in [9.17, 15) is 4.79 Å². The van der Waals surface area contributed by atoms with Gasteiger partial charge in [0.15, 0.2) is 5.78 Å². The number of fused-ring (bicyclic) bond motifs is 3. The van der Waals surface area contributed by atoms with Crippen LogP contribution in [0.25, 0.3) is 10.9 Å². The molecule has 1 aromatic carbocycles. The fraction of sp³-hybridized carbons (Fsp3) is 0.400. The van der Waals surface area contributed by atoms with Crippen molar-refractivity contribution in [2.45, 2.75) is 26.7 Å². The molecule has 3 rings (SSSR count). The van der Waals surface area contributed by atoms with Crippen molar-refractivity contribution in [1.29, 1.82) is 0 Å². The van der Waals surface area contributed by atoms with Crippen LogP contribution in [0.3, 0.4) is 0 Å². The first-order chi connectivity index (χ1) is 8.53. The number of nitrogens with one attached hydrogen (secondary N) is 1. The highest BCUT2D eigenvalue weighted by atomic mass is 16.5. The molecule has 0 amide bonds. The molecule has 0 fully saturated rings. The number of ether oxygens (including phenoxy) is 1. The SMILES string of the molecule is COc1ccc2[nH]c3c(c2c1)CCC(C)(C)C3=O. The molecule has 3 nitrogen and oxygen atoms in total. The van der Waals surface area contributed by atoms with E-state index in [0.717, 1.165) is 40.8 Å². The number of methoxy groups -OCH3 is 1. The molecule has 0 spiro atoms. The minimum Gasteiger partial charge on any atom is -0.497 e. The van der Waals surface area contributed by atoms with Crippen molar-refractivity contribution in [3.8, 4) is 5.75 Å². The van der Waals surface area contributed by atoms with Crippen LogP contribution in [0.2, 0.25) is 0 Å². The number of aryl methyl sites for hydroxylation is 1. The Hall–Kier alpha value is -1.77. The fourth-order valence-corrected chi connectivity index (χ4v) is 2.70. The van der Waals surface area contributed by atoms with Gasteiger partial charge in [-0.05, 0) is 36.6 Å². The number of rotatable bonds is 1. The van der Waals surface area contributed by atoms with Crippen LogP contribution >= 0.6 is 0 Å². The van der Waals surface area contributed by atoms with Crippen LogP contribution < -0.4 is 4.74 Å². The number of carbonyl (C=O) groups is 1. The highest BCUT2D eigenvalue weighted by molar-refractivity contribution is 6.06. The third kappa shape index (κ3) is 1.47. The van der Waals surface area contributed by atoms with Crippen molar-refractivity contribution >= 4 is 16.7 Å². The third-order valence-corrected chi connectivity index (χ3v) is 3.96. The number of aromatic amines is 1. The molecule has 0 radical (unpaired) electrons. The molecular formula is C15H17NO2. The van der Waals surface area contributed by atoms with Crippen molar-refractivity contribution < 1.29 is 9.53 Å². The van der Waals surface area contributed by atoms with Crippen molar-refractivity contribution in [1.82, 2.24) is 4.98 Å².